The van der Waals surface area contributed by atoms with Crippen molar-refractivity contribution in [3.05, 3.63) is 10.4 Å². The minimum Gasteiger partial charge on any atom is -0.379 e. The fraction of sp³-hybridized carbons (Fsp3) is 0.778. The first-order chi connectivity index (χ1) is 8.75. The van der Waals surface area contributed by atoms with Crippen LogP contribution in [0.15, 0.2) is 5.11 Å². The van der Waals surface area contributed by atoms with Gasteiger partial charge in [0.05, 0.1) is 38.7 Å². The van der Waals surface area contributed by atoms with E-state index in [-0.39, 0.29) is 23.4 Å². The third-order valence-corrected chi connectivity index (χ3v) is 2.93. The molecule has 9 heteroatoms. The molecule has 0 aromatic rings. The summed E-state index contributed by atoms with van der Waals surface area (Å²) in [6, 6.07) is 0. The topological polar surface area (TPSA) is 105 Å². The van der Waals surface area contributed by atoms with Crippen LogP contribution in [0.3, 0.4) is 0 Å². The summed E-state index contributed by atoms with van der Waals surface area (Å²) >= 11 is 1.01. The number of carbonyl (C=O) groups excluding carboxylic acids is 2. The number of imide groups is 1. The van der Waals surface area contributed by atoms with Crippen molar-refractivity contribution in [2.24, 2.45) is 5.11 Å². The highest BCUT2D eigenvalue weighted by atomic mass is 32.2. The van der Waals surface area contributed by atoms with Crippen LogP contribution in [0, 0.1) is 0 Å². The molecule has 0 saturated carbocycles. The Morgan fingerprint density at radius 2 is 2.00 bits per heavy atom. The van der Waals surface area contributed by atoms with Crippen molar-refractivity contribution in [1.82, 2.24) is 4.90 Å². The molecule has 0 aliphatic carbocycles. The summed E-state index contributed by atoms with van der Waals surface area (Å²) < 4.78 is 10.3. The van der Waals surface area contributed by atoms with Crippen LogP contribution in [0.25, 0.3) is 10.4 Å². The molecule has 0 bridgehead atoms. The van der Waals surface area contributed by atoms with Gasteiger partial charge < -0.3 is 9.47 Å². The molecule has 100 valence electrons. The molecule has 2 amide bonds. The molecule has 1 fully saturated rings. The summed E-state index contributed by atoms with van der Waals surface area (Å²) in [5, 5.41) is 3.09. The van der Waals surface area contributed by atoms with E-state index in [0.29, 0.717) is 33.0 Å². The molecule has 0 unspecified atom stereocenters. The molecule has 0 aromatic carbocycles. The van der Waals surface area contributed by atoms with E-state index in [1.54, 1.807) is 0 Å². The monoisotopic (exact) mass is 274 g/mol. The van der Waals surface area contributed by atoms with Gasteiger partial charge in [-0.15, -0.1) is 0 Å². The van der Waals surface area contributed by atoms with Gasteiger partial charge in [0.1, 0.15) is 0 Å². The predicted molar refractivity (Wildman–Crippen MR) is 65.2 cm³/mol. The third kappa shape index (κ3) is 5.37. The zero-order valence-corrected chi connectivity index (χ0v) is 10.6. The van der Waals surface area contributed by atoms with Crippen LogP contribution >= 0.6 is 11.8 Å². The molecule has 0 atom stereocenters. The van der Waals surface area contributed by atoms with Gasteiger partial charge in [0.2, 0.25) is 5.91 Å². The first-order valence-corrected chi connectivity index (χ1v) is 6.37. The van der Waals surface area contributed by atoms with E-state index in [0.717, 1.165) is 11.8 Å². The van der Waals surface area contributed by atoms with Crippen molar-refractivity contribution in [3.8, 4) is 0 Å². The average molecular weight is 274 g/mol. The fourth-order valence-electron chi connectivity index (χ4n) is 1.23. The normalized spacial score (nSPS) is 15.0. The largest absolute Gasteiger partial charge is 0.379 e. The van der Waals surface area contributed by atoms with Gasteiger partial charge in [-0.2, -0.15) is 0 Å². The minimum atomic E-state index is -0.214. The van der Waals surface area contributed by atoms with Crippen molar-refractivity contribution in [2.75, 3.05) is 45.3 Å². The Labute approximate surface area is 108 Å². The standard InChI is InChI=1S/C9H14N4O4S/c10-12-11-1-3-16-5-6-17-4-2-13-8(14)7-18-9(13)15/h1-7H2. The van der Waals surface area contributed by atoms with Crippen molar-refractivity contribution >= 4 is 22.9 Å². The molecule has 8 nitrogen and oxygen atoms in total. The zero-order chi connectivity index (χ0) is 13.2. The Balaban J connectivity index is 1.94. The van der Waals surface area contributed by atoms with E-state index in [9.17, 15) is 9.59 Å². The lowest BCUT2D eigenvalue weighted by Crippen LogP contribution is -2.32. The Morgan fingerprint density at radius 1 is 1.28 bits per heavy atom. The number of nitrogens with zero attached hydrogens (tertiary/aromatic N) is 4. The molecule has 1 aliphatic rings. The van der Waals surface area contributed by atoms with Gasteiger partial charge in [-0.25, -0.2) is 0 Å². The molecule has 1 saturated heterocycles. The molecule has 0 N–H and O–H groups in total. The van der Waals surface area contributed by atoms with Crippen molar-refractivity contribution in [3.63, 3.8) is 0 Å². The second-order valence-electron chi connectivity index (χ2n) is 3.28. The Morgan fingerprint density at radius 3 is 2.61 bits per heavy atom. The van der Waals surface area contributed by atoms with Gasteiger partial charge in [0.25, 0.3) is 5.24 Å². The molecule has 0 aromatic heterocycles. The van der Waals surface area contributed by atoms with Gasteiger partial charge in [0.15, 0.2) is 0 Å². The smallest absolute Gasteiger partial charge is 0.288 e. The van der Waals surface area contributed by atoms with Crippen molar-refractivity contribution in [1.29, 1.82) is 0 Å². The first-order valence-electron chi connectivity index (χ1n) is 5.39. The number of thioether (sulfide) groups is 1. The summed E-state index contributed by atoms with van der Waals surface area (Å²) in [6.07, 6.45) is 0. The van der Waals surface area contributed by atoms with Crippen LogP contribution in [0.2, 0.25) is 0 Å². The van der Waals surface area contributed by atoms with Gasteiger partial charge in [-0.1, -0.05) is 16.9 Å². The summed E-state index contributed by atoms with van der Waals surface area (Å²) in [5.74, 6) is 0.0562. The maximum atomic E-state index is 11.2. The molecular formula is C9H14N4O4S. The Kier molecular flexibility index (Phi) is 7.19. The SMILES string of the molecule is [N-]=[N+]=NCCOCCOCCN1C(=O)CSC1=O. The van der Waals surface area contributed by atoms with E-state index in [2.05, 4.69) is 10.0 Å². The highest BCUT2D eigenvalue weighted by Gasteiger charge is 2.29. The van der Waals surface area contributed by atoms with Gasteiger partial charge >= 0.3 is 0 Å². The van der Waals surface area contributed by atoms with Crippen LogP contribution in [0.5, 0.6) is 0 Å². The van der Waals surface area contributed by atoms with Crippen LogP contribution in [0.1, 0.15) is 0 Å². The lowest BCUT2D eigenvalue weighted by atomic mass is 10.5. The average Bonchev–Trinajstić information content (AvgIpc) is 2.68. The fourth-order valence-corrected chi connectivity index (χ4v) is 1.98. The highest BCUT2D eigenvalue weighted by Crippen LogP contribution is 2.17. The number of ether oxygens (including phenoxy) is 2. The molecule has 1 aliphatic heterocycles. The lowest BCUT2D eigenvalue weighted by molar-refractivity contribution is -0.125. The van der Waals surface area contributed by atoms with Gasteiger partial charge in [-0.05, 0) is 5.53 Å². The van der Waals surface area contributed by atoms with E-state index < -0.39 is 0 Å². The maximum absolute atomic E-state index is 11.2. The second-order valence-corrected chi connectivity index (χ2v) is 4.21. The van der Waals surface area contributed by atoms with E-state index in [1.807, 2.05) is 0 Å². The Hall–Kier alpha value is -1.28. The van der Waals surface area contributed by atoms with Crippen LogP contribution < -0.4 is 0 Å². The molecule has 0 radical (unpaired) electrons. The molecule has 1 rings (SSSR count). The number of azide groups is 1. The maximum Gasteiger partial charge on any atom is 0.288 e. The summed E-state index contributed by atoms with van der Waals surface area (Å²) in [4.78, 5) is 26.2. The summed E-state index contributed by atoms with van der Waals surface area (Å²) in [6.45, 7) is 2.00. The van der Waals surface area contributed by atoms with Crippen LogP contribution in [-0.4, -0.2) is 61.3 Å². The van der Waals surface area contributed by atoms with Crippen molar-refractivity contribution < 1.29 is 19.1 Å². The van der Waals surface area contributed by atoms with E-state index in [4.69, 9.17) is 15.0 Å². The van der Waals surface area contributed by atoms with E-state index in [1.165, 1.54) is 4.90 Å². The van der Waals surface area contributed by atoms with Gasteiger partial charge in [-0.3, -0.25) is 14.5 Å². The number of carbonyl (C=O) groups is 2. The number of hydrogen-bond donors (Lipinski definition) is 0. The van der Waals surface area contributed by atoms with Crippen LogP contribution in [-0.2, 0) is 14.3 Å². The molecular weight excluding hydrogens is 260 g/mol. The molecule has 1 heterocycles. The quantitative estimate of drug-likeness (QED) is 0.270. The minimum absolute atomic E-state index is 0.167. The number of rotatable bonds is 9. The third-order valence-electron chi connectivity index (χ3n) is 2.07. The Bertz CT molecular complexity index is 329. The van der Waals surface area contributed by atoms with Crippen LogP contribution in [0.4, 0.5) is 4.79 Å². The molecule has 18 heavy (non-hydrogen) atoms. The van der Waals surface area contributed by atoms with Gasteiger partial charge in [0, 0.05) is 11.5 Å². The zero-order valence-electron chi connectivity index (χ0n) is 9.78. The van der Waals surface area contributed by atoms with E-state index >= 15 is 0 Å². The molecule has 0 spiro atoms. The highest BCUT2D eigenvalue weighted by molar-refractivity contribution is 8.14. The summed E-state index contributed by atoms with van der Waals surface area (Å²) in [7, 11) is 0. The number of amides is 2. The summed E-state index contributed by atoms with van der Waals surface area (Å²) in [5.41, 5.74) is 8.00. The lowest BCUT2D eigenvalue weighted by Gasteiger charge is -2.12. The predicted octanol–water partition coefficient (Wildman–Crippen LogP) is 1.03. The number of hydrogen-bond acceptors (Lipinski definition) is 6. The first kappa shape index (κ1) is 14.8. The second kappa shape index (κ2) is 8.76. The van der Waals surface area contributed by atoms with Crippen molar-refractivity contribution in [2.45, 2.75) is 0 Å².